The molecule has 0 spiro atoms. The lowest BCUT2D eigenvalue weighted by Crippen LogP contribution is -2.10. The van der Waals surface area contributed by atoms with E-state index in [0.717, 1.165) is 6.26 Å². The van der Waals surface area contributed by atoms with Gasteiger partial charge in [-0.1, -0.05) is 6.07 Å². The van der Waals surface area contributed by atoms with Crippen LogP contribution in [0.15, 0.2) is 45.6 Å². The zero-order valence-corrected chi connectivity index (χ0v) is 11.8. The summed E-state index contributed by atoms with van der Waals surface area (Å²) in [5.41, 5.74) is -0.0352. The van der Waals surface area contributed by atoms with E-state index in [1.807, 2.05) is 0 Å². The molecule has 1 aromatic heterocycles. The van der Waals surface area contributed by atoms with Crippen molar-refractivity contribution >= 4 is 37.5 Å². The first-order chi connectivity index (χ1) is 9.83. The van der Waals surface area contributed by atoms with Gasteiger partial charge in [0, 0.05) is 22.5 Å². The number of phenolic OH excluding ortho intramolecular Hbond substituents is 1. The molecule has 0 saturated carbocycles. The lowest BCUT2D eigenvalue weighted by molar-refractivity contribution is 0.473. The lowest BCUT2D eigenvalue weighted by Gasteiger charge is -2.07. The van der Waals surface area contributed by atoms with Crippen molar-refractivity contribution in [2.45, 2.75) is 0 Å². The number of hydrogen-bond acceptors (Lipinski definition) is 5. The monoisotopic (exact) mass is 305 g/mol. The molecular formula is C14H11NO5S. The highest BCUT2D eigenvalue weighted by Crippen LogP contribution is 2.27. The second kappa shape index (κ2) is 4.49. The van der Waals surface area contributed by atoms with Crippen molar-refractivity contribution in [3.05, 3.63) is 46.8 Å². The summed E-state index contributed by atoms with van der Waals surface area (Å²) >= 11 is 0. The van der Waals surface area contributed by atoms with Crippen LogP contribution in [0.3, 0.4) is 0 Å². The van der Waals surface area contributed by atoms with Gasteiger partial charge in [-0.2, -0.15) is 0 Å². The van der Waals surface area contributed by atoms with Gasteiger partial charge in [-0.3, -0.25) is 4.72 Å². The van der Waals surface area contributed by atoms with Crippen molar-refractivity contribution in [2.75, 3.05) is 11.0 Å². The molecule has 6 nitrogen and oxygen atoms in total. The number of sulfonamides is 1. The summed E-state index contributed by atoms with van der Waals surface area (Å²) in [5, 5.41) is 11.0. The topological polar surface area (TPSA) is 96.6 Å². The summed E-state index contributed by atoms with van der Waals surface area (Å²) in [4.78, 5) is 12.0. The Bertz CT molecular complexity index is 1020. The molecule has 3 rings (SSSR count). The quantitative estimate of drug-likeness (QED) is 0.558. The van der Waals surface area contributed by atoms with Crippen LogP contribution in [-0.2, 0) is 10.0 Å². The molecule has 0 aliphatic heterocycles. The normalized spacial score (nSPS) is 11.9. The Labute approximate surface area is 119 Å². The first kappa shape index (κ1) is 13.4. The van der Waals surface area contributed by atoms with Gasteiger partial charge in [0.15, 0.2) is 0 Å². The van der Waals surface area contributed by atoms with E-state index in [1.54, 1.807) is 18.2 Å². The van der Waals surface area contributed by atoms with E-state index in [1.165, 1.54) is 18.2 Å². The summed E-state index contributed by atoms with van der Waals surface area (Å²) in [7, 11) is -3.42. The summed E-state index contributed by atoms with van der Waals surface area (Å²) < 4.78 is 29.9. The number of rotatable bonds is 2. The maximum atomic E-state index is 12.0. The van der Waals surface area contributed by atoms with E-state index in [0.29, 0.717) is 10.8 Å². The molecule has 0 bridgehead atoms. The first-order valence-corrected chi connectivity index (χ1v) is 7.90. The maximum Gasteiger partial charge on any atom is 0.344 e. The fourth-order valence-electron chi connectivity index (χ4n) is 2.20. The molecule has 0 aliphatic carbocycles. The fraction of sp³-hybridized carbons (Fsp3) is 0.0714. The van der Waals surface area contributed by atoms with Crippen LogP contribution < -0.4 is 10.3 Å². The molecule has 1 heterocycles. The van der Waals surface area contributed by atoms with Crippen LogP contribution in [0.4, 0.5) is 5.69 Å². The molecule has 0 amide bonds. The fourth-order valence-corrected chi connectivity index (χ4v) is 2.75. The Morgan fingerprint density at radius 3 is 2.48 bits per heavy atom. The van der Waals surface area contributed by atoms with Gasteiger partial charge in [-0.25, -0.2) is 13.2 Å². The third kappa shape index (κ3) is 2.55. The molecule has 7 heteroatoms. The summed E-state index contributed by atoms with van der Waals surface area (Å²) in [6, 6.07) is 9.12. The maximum absolute atomic E-state index is 12.0. The van der Waals surface area contributed by atoms with Crippen LogP contribution in [0.5, 0.6) is 5.75 Å². The Kier molecular flexibility index (Phi) is 2.87. The van der Waals surface area contributed by atoms with Crippen LogP contribution in [0.25, 0.3) is 21.7 Å². The third-order valence-electron chi connectivity index (χ3n) is 3.00. The molecule has 0 radical (unpaired) electrons. The predicted octanol–water partition coefficient (Wildman–Crippen LogP) is 2.02. The number of fused-ring (bicyclic) bond motifs is 3. The van der Waals surface area contributed by atoms with Gasteiger partial charge < -0.3 is 9.52 Å². The molecule has 0 fully saturated rings. The largest absolute Gasteiger partial charge is 0.508 e. The van der Waals surface area contributed by atoms with E-state index in [-0.39, 0.29) is 22.4 Å². The standard InChI is InChI=1S/C14H11NO5S/c1-21(18,19)15-8-2-4-10-11-5-3-9(16)7-13(11)20-14(17)12(10)6-8/h2-7,15-16H,1H3. The lowest BCUT2D eigenvalue weighted by atomic mass is 10.1. The highest BCUT2D eigenvalue weighted by Gasteiger charge is 2.10. The molecule has 21 heavy (non-hydrogen) atoms. The van der Waals surface area contributed by atoms with Crippen molar-refractivity contribution in [1.82, 2.24) is 0 Å². The molecule has 2 N–H and O–H groups in total. The van der Waals surface area contributed by atoms with Crippen LogP contribution in [0, 0.1) is 0 Å². The highest BCUT2D eigenvalue weighted by molar-refractivity contribution is 7.92. The minimum Gasteiger partial charge on any atom is -0.508 e. The number of phenols is 1. The summed E-state index contributed by atoms with van der Waals surface area (Å²) in [6.45, 7) is 0. The first-order valence-electron chi connectivity index (χ1n) is 6.01. The number of hydrogen-bond donors (Lipinski definition) is 2. The molecule has 2 aromatic carbocycles. The third-order valence-corrected chi connectivity index (χ3v) is 3.61. The molecule has 108 valence electrons. The number of aromatic hydroxyl groups is 1. The second-order valence-electron chi connectivity index (χ2n) is 4.70. The molecule has 0 unspecified atom stereocenters. The average Bonchev–Trinajstić information content (AvgIpc) is 2.37. The molecule has 0 saturated heterocycles. The molecule has 0 aliphatic rings. The van der Waals surface area contributed by atoms with E-state index in [2.05, 4.69) is 4.72 Å². The summed E-state index contributed by atoms with van der Waals surface area (Å²) in [5.74, 6) is 0.000336. The Hall–Kier alpha value is -2.54. The predicted molar refractivity (Wildman–Crippen MR) is 80.1 cm³/mol. The summed E-state index contributed by atoms with van der Waals surface area (Å²) in [6.07, 6.45) is 1.03. The smallest absolute Gasteiger partial charge is 0.344 e. The van der Waals surface area contributed by atoms with Gasteiger partial charge >= 0.3 is 5.63 Å². The SMILES string of the molecule is CS(=O)(=O)Nc1ccc2c(c1)c(=O)oc1cc(O)ccc12. The average molecular weight is 305 g/mol. The Balaban J connectivity index is 2.32. The van der Waals surface area contributed by atoms with Crippen molar-refractivity contribution in [1.29, 1.82) is 0 Å². The molecular weight excluding hydrogens is 294 g/mol. The molecule has 0 atom stereocenters. The van der Waals surface area contributed by atoms with Crippen molar-refractivity contribution in [2.24, 2.45) is 0 Å². The zero-order valence-electron chi connectivity index (χ0n) is 11.0. The van der Waals surface area contributed by atoms with Crippen molar-refractivity contribution < 1.29 is 17.9 Å². The van der Waals surface area contributed by atoms with Crippen LogP contribution in [-0.4, -0.2) is 19.8 Å². The number of benzene rings is 2. The van der Waals surface area contributed by atoms with E-state index in [9.17, 15) is 18.3 Å². The van der Waals surface area contributed by atoms with E-state index >= 15 is 0 Å². The Morgan fingerprint density at radius 2 is 1.76 bits per heavy atom. The van der Waals surface area contributed by atoms with Gasteiger partial charge in [0.05, 0.1) is 11.6 Å². The van der Waals surface area contributed by atoms with Crippen LogP contribution >= 0.6 is 0 Å². The zero-order chi connectivity index (χ0) is 15.2. The van der Waals surface area contributed by atoms with Crippen molar-refractivity contribution in [3.63, 3.8) is 0 Å². The number of anilines is 1. The van der Waals surface area contributed by atoms with Crippen LogP contribution in [0.1, 0.15) is 0 Å². The van der Waals surface area contributed by atoms with Gasteiger partial charge in [0.25, 0.3) is 0 Å². The minimum absolute atomic E-state index is 0.000336. The highest BCUT2D eigenvalue weighted by atomic mass is 32.2. The van der Waals surface area contributed by atoms with Crippen molar-refractivity contribution in [3.8, 4) is 5.75 Å². The van der Waals surface area contributed by atoms with Gasteiger partial charge in [-0.15, -0.1) is 0 Å². The van der Waals surface area contributed by atoms with Gasteiger partial charge in [0.2, 0.25) is 10.0 Å². The minimum atomic E-state index is -3.42. The molecule has 3 aromatic rings. The second-order valence-corrected chi connectivity index (χ2v) is 6.45. The van der Waals surface area contributed by atoms with Gasteiger partial charge in [-0.05, 0) is 24.3 Å². The van der Waals surface area contributed by atoms with E-state index in [4.69, 9.17) is 4.42 Å². The number of nitrogens with one attached hydrogen (secondary N) is 1. The van der Waals surface area contributed by atoms with E-state index < -0.39 is 15.6 Å². The van der Waals surface area contributed by atoms with Gasteiger partial charge in [0.1, 0.15) is 11.3 Å². The Morgan fingerprint density at radius 1 is 1.05 bits per heavy atom. The van der Waals surface area contributed by atoms with Crippen LogP contribution in [0.2, 0.25) is 0 Å².